The van der Waals surface area contributed by atoms with Crippen LogP contribution in [0.5, 0.6) is 11.5 Å². The van der Waals surface area contributed by atoms with Gasteiger partial charge in [-0.1, -0.05) is 31.5 Å². The first kappa shape index (κ1) is 21.2. The highest BCUT2D eigenvalue weighted by Gasteiger charge is 2.31. The highest BCUT2D eigenvalue weighted by atomic mass is 16.5. The molecule has 0 saturated carbocycles. The Hall–Kier alpha value is -3.48. The predicted molar refractivity (Wildman–Crippen MR) is 117 cm³/mol. The Morgan fingerprint density at radius 1 is 1.13 bits per heavy atom. The minimum absolute atomic E-state index is 0.185. The largest absolute Gasteiger partial charge is 0.497 e. The van der Waals surface area contributed by atoms with Gasteiger partial charge in [0.2, 0.25) is 5.88 Å². The van der Waals surface area contributed by atoms with E-state index in [9.17, 15) is 4.79 Å². The summed E-state index contributed by atoms with van der Waals surface area (Å²) in [5.41, 5.74) is 7.44. The number of nitrogens with zero attached hydrogens (tertiary/aromatic N) is 2. The van der Waals surface area contributed by atoms with E-state index >= 15 is 0 Å². The van der Waals surface area contributed by atoms with Crippen molar-refractivity contribution >= 4 is 17.3 Å². The molecule has 0 aliphatic carbocycles. The first-order chi connectivity index (χ1) is 14.6. The zero-order valence-corrected chi connectivity index (χ0v) is 17.5. The maximum atomic E-state index is 13.3. The number of hydrogen-bond acceptors (Lipinski definition) is 7. The van der Waals surface area contributed by atoms with Crippen LogP contribution in [0.2, 0.25) is 0 Å². The third-order valence-corrected chi connectivity index (χ3v) is 4.76. The summed E-state index contributed by atoms with van der Waals surface area (Å²) < 4.78 is 16.6. The van der Waals surface area contributed by atoms with Gasteiger partial charge in [0.05, 0.1) is 32.1 Å². The fourth-order valence-corrected chi connectivity index (χ4v) is 3.09. The Kier molecular flexibility index (Phi) is 6.95. The molecule has 0 saturated heterocycles. The first-order valence-electron chi connectivity index (χ1n) is 9.89. The normalized spacial score (nSPS) is 15.8. The number of benzene rings is 2. The molecule has 0 spiro atoms. The van der Waals surface area contributed by atoms with Crippen molar-refractivity contribution in [1.29, 1.82) is 0 Å². The summed E-state index contributed by atoms with van der Waals surface area (Å²) >= 11 is 0. The topological polar surface area (TPSA) is 86.4 Å². The van der Waals surface area contributed by atoms with Gasteiger partial charge in [-0.05, 0) is 36.8 Å². The number of carbonyl (C=O) groups excluding carboxylic acids is 1. The van der Waals surface area contributed by atoms with Crippen molar-refractivity contribution in [2.24, 2.45) is 16.8 Å². The van der Waals surface area contributed by atoms with Crippen molar-refractivity contribution in [2.75, 3.05) is 25.8 Å². The van der Waals surface area contributed by atoms with Gasteiger partial charge in [-0.2, -0.15) is 10.1 Å². The van der Waals surface area contributed by atoms with Crippen LogP contribution >= 0.6 is 0 Å². The fraction of sp³-hybridized carbons (Fsp3) is 0.304. The average Bonchev–Trinajstić information content (AvgIpc) is 2.79. The number of rotatable bonds is 9. The number of para-hydroxylation sites is 1. The summed E-state index contributed by atoms with van der Waals surface area (Å²) in [5, 5.41) is 6.10. The predicted octanol–water partition coefficient (Wildman–Crippen LogP) is 3.95. The number of hydrogen-bond donors (Lipinski definition) is 1. The summed E-state index contributed by atoms with van der Waals surface area (Å²) in [6.07, 6.45) is 3.61. The molecule has 1 aliphatic rings. The molecule has 7 nitrogen and oxygen atoms in total. The Labute approximate surface area is 176 Å². The van der Waals surface area contributed by atoms with E-state index in [-0.39, 0.29) is 11.6 Å². The highest BCUT2D eigenvalue weighted by Crippen LogP contribution is 2.31. The van der Waals surface area contributed by atoms with Crippen LogP contribution in [0, 0.1) is 5.92 Å². The molecule has 3 rings (SSSR count). The molecule has 30 heavy (non-hydrogen) atoms. The van der Waals surface area contributed by atoms with Crippen molar-refractivity contribution in [3.8, 4) is 11.5 Å². The minimum atomic E-state index is -0.760. The number of amidine groups is 1. The van der Waals surface area contributed by atoms with Crippen molar-refractivity contribution in [1.82, 2.24) is 0 Å². The molecule has 2 N–H and O–H groups in total. The fourth-order valence-electron chi connectivity index (χ4n) is 3.09. The number of carbonyl (C=O) groups is 1. The molecule has 0 radical (unpaired) electrons. The van der Waals surface area contributed by atoms with E-state index in [0.717, 1.165) is 18.5 Å². The second kappa shape index (κ2) is 9.82. The molecule has 1 unspecified atom stereocenters. The monoisotopic (exact) mass is 409 g/mol. The number of hydrazone groups is 1. The van der Waals surface area contributed by atoms with Crippen molar-refractivity contribution in [2.45, 2.75) is 19.8 Å². The molecule has 1 heterocycles. The molecule has 0 bridgehead atoms. The maximum absolute atomic E-state index is 13.3. The molecule has 1 aliphatic heterocycles. The lowest BCUT2D eigenvalue weighted by molar-refractivity contribution is 0.0963. The number of nitrogens with two attached hydrogens (primary N) is 1. The second-order valence-electron chi connectivity index (χ2n) is 6.79. The van der Waals surface area contributed by atoms with Gasteiger partial charge < -0.3 is 19.9 Å². The Bertz CT molecular complexity index is 941. The minimum Gasteiger partial charge on any atom is -0.497 e. The average molecular weight is 409 g/mol. The first-order valence-corrected chi connectivity index (χ1v) is 9.89. The van der Waals surface area contributed by atoms with Crippen molar-refractivity contribution in [3.05, 3.63) is 66.1 Å². The van der Waals surface area contributed by atoms with Crippen molar-refractivity contribution < 1.29 is 19.0 Å². The summed E-state index contributed by atoms with van der Waals surface area (Å²) in [5.74, 6) is 0.700. The Morgan fingerprint density at radius 2 is 1.90 bits per heavy atom. The highest BCUT2D eigenvalue weighted by molar-refractivity contribution is 6.14. The SMILES string of the molecule is CCCCOC1=CC(C(=O)c2ccc(OC)cc2OC)C(N)=NN1c1ccccc1. The van der Waals surface area contributed by atoms with E-state index in [1.165, 1.54) is 7.11 Å². The maximum Gasteiger partial charge on any atom is 0.212 e. The van der Waals surface area contributed by atoms with Gasteiger partial charge in [0, 0.05) is 6.07 Å². The van der Waals surface area contributed by atoms with E-state index in [1.807, 2.05) is 30.3 Å². The van der Waals surface area contributed by atoms with Gasteiger partial charge in [0.25, 0.3) is 0 Å². The molecule has 1 atom stereocenters. The lowest BCUT2D eigenvalue weighted by Gasteiger charge is -2.29. The summed E-state index contributed by atoms with van der Waals surface area (Å²) in [4.78, 5) is 13.3. The van der Waals surface area contributed by atoms with E-state index < -0.39 is 5.92 Å². The molecule has 2 aromatic rings. The summed E-state index contributed by atoms with van der Waals surface area (Å²) in [6.45, 7) is 2.61. The van der Waals surface area contributed by atoms with Crippen LogP contribution in [0.15, 0.2) is 65.6 Å². The van der Waals surface area contributed by atoms with Crippen LogP contribution in [-0.2, 0) is 4.74 Å². The number of anilines is 1. The van der Waals surface area contributed by atoms with Crippen LogP contribution < -0.4 is 20.2 Å². The zero-order valence-electron chi connectivity index (χ0n) is 17.5. The van der Waals surface area contributed by atoms with E-state index in [1.54, 1.807) is 36.4 Å². The quantitative estimate of drug-likeness (QED) is 0.498. The molecule has 0 aromatic heterocycles. The lowest BCUT2D eigenvalue weighted by Crippen LogP contribution is -2.38. The van der Waals surface area contributed by atoms with Gasteiger partial charge in [0.15, 0.2) is 5.78 Å². The van der Waals surface area contributed by atoms with Crippen molar-refractivity contribution in [3.63, 3.8) is 0 Å². The smallest absolute Gasteiger partial charge is 0.212 e. The lowest BCUT2D eigenvalue weighted by atomic mass is 9.94. The molecular formula is C23H27N3O4. The second-order valence-corrected chi connectivity index (χ2v) is 6.79. The molecule has 0 amide bonds. The third kappa shape index (κ3) is 4.56. The number of unbranched alkanes of at least 4 members (excludes halogenated alkanes) is 1. The number of ketones is 1. The Morgan fingerprint density at radius 3 is 2.57 bits per heavy atom. The van der Waals surface area contributed by atoms with Gasteiger partial charge in [-0.3, -0.25) is 4.79 Å². The summed E-state index contributed by atoms with van der Waals surface area (Å²) in [7, 11) is 3.07. The van der Waals surface area contributed by atoms with Crippen LogP contribution in [0.4, 0.5) is 5.69 Å². The molecule has 0 fully saturated rings. The van der Waals surface area contributed by atoms with Crippen LogP contribution in [0.25, 0.3) is 0 Å². The van der Waals surface area contributed by atoms with Gasteiger partial charge >= 0.3 is 0 Å². The molecule has 2 aromatic carbocycles. The van der Waals surface area contributed by atoms with Gasteiger partial charge in [-0.25, -0.2) is 0 Å². The third-order valence-electron chi connectivity index (χ3n) is 4.76. The van der Waals surface area contributed by atoms with E-state index in [0.29, 0.717) is 29.6 Å². The van der Waals surface area contributed by atoms with Gasteiger partial charge in [-0.15, -0.1) is 0 Å². The van der Waals surface area contributed by atoms with Crippen LogP contribution in [0.1, 0.15) is 30.1 Å². The number of ether oxygens (including phenoxy) is 3. The molecule has 7 heteroatoms. The van der Waals surface area contributed by atoms with E-state index in [4.69, 9.17) is 19.9 Å². The number of Topliss-reactive ketones (excluding diaryl/α,β-unsaturated/α-hetero) is 1. The zero-order chi connectivity index (χ0) is 21.5. The standard InChI is InChI=1S/C23H27N3O4/c1-4-5-13-30-21-15-19(23(24)25-26(21)16-9-7-6-8-10-16)22(27)18-12-11-17(28-2)14-20(18)29-3/h6-12,14-15,19H,4-5,13H2,1-3H3,(H2,24,25). The molecular weight excluding hydrogens is 382 g/mol. The molecule has 158 valence electrons. The summed E-state index contributed by atoms with van der Waals surface area (Å²) in [6, 6.07) is 14.6. The van der Waals surface area contributed by atoms with Crippen LogP contribution in [0.3, 0.4) is 0 Å². The van der Waals surface area contributed by atoms with E-state index in [2.05, 4.69) is 12.0 Å². The van der Waals surface area contributed by atoms with Gasteiger partial charge in [0.1, 0.15) is 23.3 Å². The Balaban J connectivity index is 1.95. The van der Waals surface area contributed by atoms with Crippen LogP contribution in [-0.4, -0.2) is 32.4 Å². The number of methoxy groups -OCH3 is 2.